The van der Waals surface area contributed by atoms with Crippen LogP contribution in [0.15, 0.2) is 87.4 Å². The van der Waals surface area contributed by atoms with Gasteiger partial charge in [0.15, 0.2) is 11.3 Å². The predicted octanol–water partition coefficient (Wildman–Crippen LogP) is 4.69. The van der Waals surface area contributed by atoms with E-state index in [2.05, 4.69) is 25.9 Å². The number of methoxy groups -OCH3 is 1. The van der Waals surface area contributed by atoms with Gasteiger partial charge in [0.1, 0.15) is 17.4 Å². The third-order valence-corrected chi connectivity index (χ3v) is 5.93. The molecule has 4 aromatic rings. The highest BCUT2D eigenvalue weighted by Gasteiger charge is 2.31. The number of ether oxygens (including phenoxy) is 1. The Balaban J connectivity index is 1.47. The van der Waals surface area contributed by atoms with Crippen molar-refractivity contribution in [2.45, 2.75) is 13.0 Å². The number of rotatable bonds is 5. The van der Waals surface area contributed by atoms with E-state index in [1.807, 2.05) is 30.3 Å². The van der Waals surface area contributed by atoms with Gasteiger partial charge in [0.25, 0.3) is 5.91 Å². The highest BCUT2D eigenvalue weighted by molar-refractivity contribution is 6.31. The SMILES string of the molecule is COC(=O)c1cccc(NC(=O)C2=C(C)NC(Nc3nc4ccccc4o3)=NC2c2ccccc2Cl)n1. The number of anilines is 2. The zero-order valence-corrected chi connectivity index (χ0v) is 20.5. The molecule has 0 saturated heterocycles. The fraction of sp³-hybridized carbons (Fsp3) is 0.115. The van der Waals surface area contributed by atoms with Crippen molar-refractivity contribution in [2.24, 2.45) is 4.99 Å². The number of nitrogens with zero attached hydrogens (tertiary/aromatic N) is 3. The molecule has 186 valence electrons. The van der Waals surface area contributed by atoms with Crippen LogP contribution in [0.1, 0.15) is 29.0 Å². The molecule has 1 aliphatic heterocycles. The first-order valence-corrected chi connectivity index (χ1v) is 11.6. The minimum atomic E-state index is -0.759. The van der Waals surface area contributed by atoms with Crippen LogP contribution in [0.3, 0.4) is 0 Å². The van der Waals surface area contributed by atoms with Crippen LogP contribution in [0.5, 0.6) is 0 Å². The molecule has 0 aliphatic carbocycles. The molecule has 1 unspecified atom stereocenters. The maximum Gasteiger partial charge on any atom is 0.356 e. The fourth-order valence-electron chi connectivity index (χ4n) is 3.89. The summed E-state index contributed by atoms with van der Waals surface area (Å²) in [5.41, 5.74) is 2.86. The third-order valence-electron chi connectivity index (χ3n) is 5.59. The minimum Gasteiger partial charge on any atom is -0.464 e. The van der Waals surface area contributed by atoms with Gasteiger partial charge in [0.2, 0.25) is 5.96 Å². The summed E-state index contributed by atoms with van der Waals surface area (Å²) >= 11 is 6.51. The lowest BCUT2D eigenvalue weighted by atomic mass is 9.95. The number of halogens is 1. The van der Waals surface area contributed by atoms with Gasteiger partial charge in [-0.25, -0.2) is 14.8 Å². The summed E-state index contributed by atoms with van der Waals surface area (Å²) in [6.07, 6.45) is 0. The summed E-state index contributed by atoms with van der Waals surface area (Å²) in [5, 5.41) is 9.34. The molecule has 0 saturated carbocycles. The summed E-state index contributed by atoms with van der Waals surface area (Å²) in [6, 6.07) is 18.7. The quantitative estimate of drug-likeness (QED) is 0.326. The van der Waals surface area contributed by atoms with Crippen molar-refractivity contribution in [2.75, 3.05) is 17.7 Å². The first-order valence-electron chi connectivity index (χ1n) is 11.2. The molecule has 0 spiro atoms. The maximum absolute atomic E-state index is 13.5. The Bertz CT molecular complexity index is 1550. The number of carbonyl (C=O) groups is 2. The first kappa shape index (κ1) is 24.0. The number of pyridine rings is 1. The smallest absolute Gasteiger partial charge is 0.356 e. The molecule has 0 bridgehead atoms. The van der Waals surface area contributed by atoms with Crippen LogP contribution in [0, 0.1) is 0 Å². The van der Waals surface area contributed by atoms with Crippen LogP contribution in [0.25, 0.3) is 11.1 Å². The highest BCUT2D eigenvalue weighted by Crippen LogP contribution is 2.35. The molecule has 0 radical (unpaired) electrons. The van der Waals surface area contributed by atoms with E-state index in [-0.39, 0.29) is 17.5 Å². The molecule has 1 atom stereocenters. The normalized spacial score (nSPS) is 15.1. The predicted molar refractivity (Wildman–Crippen MR) is 139 cm³/mol. The Morgan fingerprint density at radius 1 is 1.03 bits per heavy atom. The van der Waals surface area contributed by atoms with Gasteiger partial charge in [-0.05, 0) is 37.3 Å². The molecule has 10 nitrogen and oxygen atoms in total. The van der Waals surface area contributed by atoms with Crippen molar-refractivity contribution in [3.05, 3.63) is 94.3 Å². The number of allylic oxidation sites excluding steroid dienone is 1. The number of guanidine groups is 1. The summed E-state index contributed by atoms with van der Waals surface area (Å²) < 4.78 is 10.5. The largest absolute Gasteiger partial charge is 0.464 e. The van der Waals surface area contributed by atoms with E-state index in [9.17, 15) is 9.59 Å². The van der Waals surface area contributed by atoms with Crippen molar-refractivity contribution in [3.63, 3.8) is 0 Å². The van der Waals surface area contributed by atoms with Crippen LogP contribution in [0.4, 0.5) is 11.8 Å². The lowest BCUT2D eigenvalue weighted by Gasteiger charge is -2.26. The third kappa shape index (κ3) is 5.00. The number of fused-ring (bicyclic) bond motifs is 1. The van der Waals surface area contributed by atoms with Crippen molar-refractivity contribution in [1.29, 1.82) is 0 Å². The maximum atomic E-state index is 13.5. The number of esters is 1. The minimum absolute atomic E-state index is 0.0678. The number of carbonyl (C=O) groups excluding carboxylic acids is 2. The van der Waals surface area contributed by atoms with E-state index in [0.717, 1.165) is 0 Å². The molecule has 1 amide bonds. The molecule has 0 fully saturated rings. The van der Waals surface area contributed by atoms with Gasteiger partial charge in [-0.3, -0.25) is 10.1 Å². The standard InChI is InChI=1S/C26H21ClN6O4/c1-14-21(23(34)31-20-13-7-11-18(29-20)24(35)36-2)22(15-8-3-4-9-16(15)27)32-25(28-14)33-26-30-17-10-5-6-12-19(17)37-26/h3-13,22H,1-2H3,(H,29,31,34)(H2,28,30,32,33). The van der Waals surface area contributed by atoms with Crippen LogP contribution >= 0.6 is 11.6 Å². The second kappa shape index (κ2) is 10.1. The molecule has 5 rings (SSSR count). The number of para-hydroxylation sites is 2. The van der Waals surface area contributed by atoms with Gasteiger partial charge < -0.3 is 19.8 Å². The fourth-order valence-corrected chi connectivity index (χ4v) is 4.13. The average molecular weight is 517 g/mol. The molecule has 3 N–H and O–H groups in total. The molecular formula is C26H21ClN6O4. The number of benzene rings is 2. The van der Waals surface area contributed by atoms with Gasteiger partial charge in [-0.1, -0.05) is 48.0 Å². The molecule has 11 heteroatoms. The van der Waals surface area contributed by atoms with Gasteiger partial charge in [-0.15, -0.1) is 0 Å². The Morgan fingerprint density at radius 3 is 2.59 bits per heavy atom. The zero-order chi connectivity index (χ0) is 25.9. The van der Waals surface area contributed by atoms with E-state index in [4.69, 9.17) is 25.7 Å². The average Bonchev–Trinajstić information content (AvgIpc) is 3.30. The number of aliphatic imine (C=N–C) groups is 1. The number of hydrogen-bond donors (Lipinski definition) is 3. The van der Waals surface area contributed by atoms with Crippen molar-refractivity contribution in [1.82, 2.24) is 15.3 Å². The number of oxazole rings is 1. The van der Waals surface area contributed by atoms with Crippen LogP contribution in [-0.4, -0.2) is 34.9 Å². The summed E-state index contributed by atoms with van der Waals surface area (Å²) in [4.78, 5) is 38.6. The second-order valence-corrected chi connectivity index (χ2v) is 8.44. The van der Waals surface area contributed by atoms with Gasteiger partial charge in [-0.2, -0.15) is 4.98 Å². The van der Waals surface area contributed by atoms with Crippen molar-refractivity contribution >= 4 is 52.4 Å². The summed E-state index contributed by atoms with van der Waals surface area (Å²) in [7, 11) is 1.26. The molecule has 2 aromatic carbocycles. The topological polar surface area (TPSA) is 131 Å². The highest BCUT2D eigenvalue weighted by atomic mass is 35.5. The number of nitrogens with one attached hydrogen (secondary N) is 3. The van der Waals surface area contributed by atoms with Crippen molar-refractivity contribution in [3.8, 4) is 0 Å². The number of aromatic nitrogens is 2. The van der Waals surface area contributed by atoms with Gasteiger partial charge in [0.05, 0.1) is 12.7 Å². The zero-order valence-electron chi connectivity index (χ0n) is 19.8. The Labute approximate surface area is 216 Å². The van der Waals surface area contributed by atoms with E-state index >= 15 is 0 Å². The molecule has 3 heterocycles. The first-order chi connectivity index (χ1) is 17.9. The summed E-state index contributed by atoms with van der Waals surface area (Å²) in [5.74, 6) is -0.560. The lowest BCUT2D eigenvalue weighted by Crippen LogP contribution is -2.37. The van der Waals surface area contributed by atoms with E-state index < -0.39 is 17.9 Å². The Morgan fingerprint density at radius 2 is 1.81 bits per heavy atom. The monoisotopic (exact) mass is 516 g/mol. The van der Waals surface area contributed by atoms with Crippen LogP contribution in [0.2, 0.25) is 5.02 Å². The lowest BCUT2D eigenvalue weighted by molar-refractivity contribution is -0.113. The molecule has 2 aromatic heterocycles. The molecular weight excluding hydrogens is 496 g/mol. The van der Waals surface area contributed by atoms with Gasteiger partial charge in [0, 0.05) is 16.3 Å². The van der Waals surface area contributed by atoms with Crippen LogP contribution < -0.4 is 16.0 Å². The van der Waals surface area contributed by atoms with E-state index in [1.165, 1.54) is 13.2 Å². The number of amides is 1. The number of hydrogen-bond acceptors (Lipinski definition) is 9. The van der Waals surface area contributed by atoms with Gasteiger partial charge >= 0.3 is 12.0 Å². The Hall–Kier alpha value is -4.70. The van der Waals surface area contributed by atoms with E-state index in [1.54, 1.807) is 37.3 Å². The molecule has 1 aliphatic rings. The van der Waals surface area contributed by atoms with E-state index in [0.29, 0.717) is 38.9 Å². The molecule has 37 heavy (non-hydrogen) atoms. The van der Waals surface area contributed by atoms with Crippen molar-refractivity contribution < 1.29 is 18.7 Å². The van der Waals surface area contributed by atoms with Crippen LogP contribution in [-0.2, 0) is 9.53 Å². The summed E-state index contributed by atoms with van der Waals surface area (Å²) in [6.45, 7) is 1.75. The Kier molecular flexibility index (Phi) is 6.57. The second-order valence-electron chi connectivity index (χ2n) is 8.03.